The molecule has 0 fully saturated rings. The van der Waals surface area contributed by atoms with Crippen LogP contribution in [-0.4, -0.2) is 64.4 Å². The average molecular weight is 407 g/mol. The third kappa shape index (κ3) is 4.66. The van der Waals surface area contributed by atoms with E-state index in [4.69, 9.17) is 10.2 Å². The summed E-state index contributed by atoms with van der Waals surface area (Å²) in [6, 6.07) is 12.4. The number of pyridine rings is 1. The highest BCUT2D eigenvalue weighted by atomic mass is 35.5. The third-order valence-corrected chi connectivity index (χ3v) is 4.44. The van der Waals surface area contributed by atoms with Crippen LogP contribution >= 0.6 is 12.4 Å². The van der Waals surface area contributed by atoms with Crippen LogP contribution in [0, 0.1) is 10.1 Å². The van der Waals surface area contributed by atoms with Gasteiger partial charge in [-0.15, -0.1) is 12.4 Å². The van der Waals surface area contributed by atoms with E-state index >= 15 is 0 Å². The van der Waals surface area contributed by atoms with Crippen molar-refractivity contribution in [2.45, 2.75) is 0 Å². The molecule has 0 aliphatic rings. The van der Waals surface area contributed by atoms with Crippen molar-refractivity contribution in [3.8, 4) is 0 Å². The first-order valence-electron chi connectivity index (χ1n) is 8.79. The number of halogens is 1. The number of aromatic nitrogens is 1. The molecule has 3 N–H and O–H groups in total. The Labute approximate surface area is 168 Å². The Morgan fingerprint density at radius 1 is 1.00 bits per heavy atom. The fourth-order valence-corrected chi connectivity index (χ4v) is 3.22. The number of benzene rings is 2. The Bertz CT molecular complexity index is 948. The Hall–Kier alpha value is -2.52. The monoisotopic (exact) mass is 406 g/mol. The quantitative estimate of drug-likeness (QED) is 0.284. The van der Waals surface area contributed by atoms with Crippen LogP contribution in [0.15, 0.2) is 42.5 Å². The van der Waals surface area contributed by atoms with Gasteiger partial charge in [-0.3, -0.25) is 15.0 Å². The van der Waals surface area contributed by atoms with Gasteiger partial charge in [0.05, 0.1) is 34.9 Å². The first-order chi connectivity index (χ1) is 13.2. The molecule has 0 saturated carbocycles. The molecule has 0 aliphatic heterocycles. The van der Waals surface area contributed by atoms with Crippen LogP contribution in [0.1, 0.15) is 0 Å². The van der Waals surface area contributed by atoms with Crippen LogP contribution < -0.4 is 5.32 Å². The number of nitrogens with zero attached hydrogens (tertiary/aromatic N) is 3. The molecular formula is C19H23ClN4O4. The molecule has 1 heterocycles. The van der Waals surface area contributed by atoms with Crippen LogP contribution in [0.5, 0.6) is 0 Å². The SMILES string of the molecule is Cl.O=[N+]([O-])c1cccc2nc3ccccc3c(NCCN(CCO)CCO)c12. The number of hydrogen-bond acceptors (Lipinski definition) is 7. The summed E-state index contributed by atoms with van der Waals surface area (Å²) < 4.78 is 0. The minimum absolute atomic E-state index is 0. The Kier molecular flexibility index (Phi) is 7.89. The van der Waals surface area contributed by atoms with Crippen molar-refractivity contribution in [2.75, 3.05) is 44.7 Å². The summed E-state index contributed by atoms with van der Waals surface area (Å²) in [5, 5.41) is 34.4. The van der Waals surface area contributed by atoms with Gasteiger partial charge in [-0.05, 0) is 12.1 Å². The van der Waals surface area contributed by atoms with Crippen molar-refractivity contribution in [2.24, 2.45) is 0 Å². The smallest absolute Gasteiger partial charge is 0.280 e. The Morgan fingerprint density at radius 2 is 1.68 bits per heavy atom. The molecule has 0 spiro atoms. The third-order valence-electron chi connectivity index (χ3n) is 4.44. The van der Waals surface area contributed by atoms with Crippen molar-refractivity contribution < 1.29 is 15.1 Å². The second kappa shape index (κ2) is 10.1. The van der Waals surface area contributed by atoms with Crippen molar-refractivity contribution in [3.63, 3.8) is 0 Å². The minimum Gasteiger partial charge on any atom is -0.395 e. The number of non-ortho nitro benzene ring substituents is 1. The predicted octanol–water partition coefficient (Wildman–Crippen LogP) is 2.42. The number of nitro groups is 1. The predicted molar refractivity (Wildman–Crippen MR) is 112 cm³/mol. The van der Waals surface area contributed by atoms with E-state index in [1.165, 1.54) is 6.07 Å². The fourth-order valence-electron chi connectivity index (χ4n) is 3.22. The van der Waals surface area contributed by atoms with E-state index in [1.54, 1.807) is 12.1 Å². The maximum absolute atomic E-state index is 11.5. The lowest BCUT2D eigenvalue weighted by atomic mass is 10.1. The molecular weight excluding hydrogens is 384 g/mol. The van der Waals surface area contributed by atoms with Gasteiger partial charge in [0.1, 0.15) is 5.39 Å². The Balaban J connectivity index is 0.00000280. The topological polar surface area (TPSA) is 112 Å². The molecule has 0 atom stereocenters. The van der Waals surface area contributed by atoms with E-state index in [-0.39, 0.29) is 31.3 Å². The Morgan fingerprint density at radius 3 is 2.36 bits per heavy atom. The molecule has 0 amide bonds. The summed E-state index contributed by atoms with van der Waals surface area (Å²) in [5.74, 6) is 0. The molecule has 28 heavy (non-hydrogen) atoms. The molecule has 2 aromatic carbocycles. The number of aliphatic hydroxyl groups excluding tert-OH is 2. The van der Waals surface area contributed by atoms with E-state index in [1.807, 2.05) is 29.2 Å². The first-order valence-corrected chi connectivity index (χ1v) is 8.79. The van der Waals surface area contributed by atoms with Gasteiger partial charge in [0, 0.05) is 37.6 Å². The number of rotatable bonds is 9. The van der Waals surface area contributed by atoms with E-state index in [0.717, 1.165) is 10.9 Å². The molecule has 3 rings (SSSR count). The number of hydrogen-bond donors (Lipinski definition) is 3. The summed E-state index contributed by atoms with van der Waals surface area (Å²) in [5.41, 5.74) is 2.01. The van der Waals surface area contributed by atoms with Gasteiger partial charge in [-0.1, -0.05) is 24.3 Å². The minimum atomic E-state index is -0.395. The highest BCUT2D eigenvalue weighted by Crippen LogP contribution is 2.36. The van der Waals surface area contributed by atoms with Gasteiger partial charge in [0.15, 0.2) is 0 Å². The normalized spacial score (nSPS) is 11.0. The van der Waals surface area contributed by atoms with Crippen molar-refractivity contribution in [3.05, 3.63) is 52.6 Å². The number of nitro benzene ring substituents is 1. The summed E-state index contributed by atoms with van der Waals surface area (Å²) in [6.45, 7) is 2.02. The molecule has 0 unspecified atom stereocenters. The number of anilines is 1. The second-order valence-corrected chi connectivity index (χ2v) is 6.15. The van der Waals surface area contributed by atoms with E-state index in [0.29, 0.717) is 42.8 Å². The highest BCUT2D eigenvalue weighted by Gasteiger charge is 2.19. The van der Waals surface area contributed by atoms with Gasteiger partial charge < -0.3 is 15.5 Å². The fraction of sp³-hybridized carbons (Fsp3) is 0.316. The molecule has 0 saturated heterocycles. The largest absolute Gasteiger partial charge is 0.395 e. The van der Waals surface area contributed by atoms with Crippen molar-refractivity contribution in [1.82, 2.24) is 9.88 Å². The molecule has 0 radical (unpaired) electrons. The van der Waals surface area contributed by atoms with Crippen LogP contribution in [-0.2, 0) is 0 Å². The number of aliphatic hydroxyl groups is 2. The van der Waals surface area contributed by atoms with Crippen LogP contribution in [0.2, 0.25) is 0 Å². The van der Waals surface area contributed by atoms with Gasteiger partial charge in [-0.2, -0.15) is 0 Å². The zero-order valence-corrected chi connectivity index (χ0v) is 16.1. The molecule has 9 heteroatoms. The van der Waals surface area contributed by atoms with E-state index in [9.17, 15) is 10.1 Å². The second-order valence-electron chi connectivity index (χ2n) is 6.15. The molecule has 150 valence electrons. The molecule has 1 aromatic heterocycles. The van der Waals surface area contributed by atoms with E-state index < -0.39 is 4.92 Å². The molecule has 3 aromatic rings. The first kappa shape index (κ1) is 21.8. The summed E-state index contributed by atoms with van der Waals surface area (Å²) in [6.07, 6.45) is 0. The van der Waals surface area contributed by atoms with E-state index in [2.05, 4.69) is 10.3 Å². The zero-order chi connectivity index (χ0) is 19.2. The van der Waals surface area contributed by atoms with Gasteiger partial charge >= 0.3 is 0 Å². The summed E-state index contributed by atoms with van der Waals surface area (Å²) in [4.78, 5) is 17.6. The molecule has 8 nitrogen and oxygen atoms in total. The number of nitrogens with one attached hydrogen (secondary N) is 1. The highest BCUT2D eigenvalue weighted by molar-refractivity contribution is 6.11. The lowest BCUT2D eigenvalue weighted by Crippen LogP contribution is -2.34. The van der Waals surface area contributed by atoms with Gasteiger partial charge in [0.25, 0.3) is 5.69 Å². The number of fused-ring (bicyclic) bond motifs is 2. The lowest BCUT2D eigenvalue weighted by Gasteiger charge is -2.21. The maximum atomic E-state index is 11.5. The molecule has 0 bridgehead atoms. The van der Waals surface area contributed by atoms with Crippen LogP contribution in [0.25, 0.3) is 21.8 Å². The number of para-hydroxylation sites is 1. The standard InChI is InChI=1S/C19H22N4O4.ClH/c24-12-10-22(11-13-25)9-8-20-19-14-4-1-2-5-15(14)21-16-6-3-7-17(18(16)19)23(26)27;/h1-7,24-25H,8-13H2,(H,20,21);1H. The van der Waals surface area contributed by atoms with Crippen LogP contribution in [0.3, 0.4) is 0 Å². The van der Waals surface area contributed by atoms with Gasteiger partial charge in [0.2, 0.25) is 0 Å². The lowest BCUT2D eigenvalue weighted by molar-refractivity contribution is -0.383. The molecule has 0 aliphatic carbocycles. The maximum Gasteiger partial charge on any atom is 0.280 e. The van der Waals surface area contributed by atoms with Crippen molar-refractivity contribution in [1.29, 1.82) is 0 Å². The summed E-state index contributed by atoms with van der Waals surface area (Å²) in [7, 11) is 0. The summed E-state index contributed by atoms with van der Waals surface area (Å²) >= 11 is 0. The van der Waals surface area contributed by atoms with Crippen LogP contribution in [0.4, 0.5) is 11.4 Å². The zero-order valence-electron chi connectivity index (χ0n) is 15.2. The van der Waals surface area contributed by atoms with Crippen molar-refractivity contribution >= 4 is 45.6 Å². The average Bonchev–Trinajstić information content (AvgIpc) is 2.67. The van der Waals surface area contributed by atoms with Gasteiger partial charge in [-0.25, -0.2) is 4.98 Å².